The summed E-state index contributed by atoms with van der Waals surface area (Å²) in [6.45, 7) is 5.86. The third-order valence-electron chi connectivity index (χ3n) is 6.28. The second-order valence-electron chi connectivity index (χ2n) is 8.81. The summed E-state index contributed by atoms with van der Waals surface area (Å²) in [5, 5.41) is 6.75. The van der Waals surface area contributed by atoms with Gasteiger partial charge >= 0.3 is 0 Å². The quantitative estimate of drug-likeness (QED) is 0.520. The van der Waals surface area contributed by atoms with Gasteiger partial charge in [-0.3, -0.25) is 4.79 Å². The Kier molecular flexibility index (Phi) is 7.18. The largest absolute Gasteiger partial charge is 0.355 e. The molecule has 184 valence electrons. The van der Waals surface area contributed by atoms with Crippen LogP contribution in [0.15, 0.2) is 51.9 Å². The van der Waals surface area contributed by atoms with Crippen molar-refractivity contribution in [3.63, 3.8) is 0 Å². The van der Waals surface area contributed by atoms with Crippen molar-refractivity contribution >= 4 is 33.8 Å². The Morgan fingerprint density at radius 1 is 1.14 bits per heavy atom. The number of hydrogen-bond donors (Lipinski definition) is 1. The Morgan fingerprint density at radius 3 is 2.66 bits per heavy atom. The number of piperidine rings is 1. The van der Waals surface area contributed by atoms with Crippen molar-refractivity contribution in [3.8, 4) is 0 Å². The highest BCUT2D eigenvalue weighted by atomic mass is 32.2. The predicted octanol–water partition coefficient (Wildman–Crippen LogP) is 4.95. The Balaban J connectivity index is 1.54. The molecule has 9 heteroatoms. The van der Waals surface area contributed by atoms with E-state index < -0.39 is 21.8 Å². The van der Waals surface area contributed by atoms with Crippen LogP contribution in [-0.2, 0) is 14.8 Å². The van der Waals surface area contributed by atoms with Crippen LogP contribution in [-0.4, -0.2) is 36.9 Å². The molecule has 1 aromatic heterocycles. The number of nitrogens with one attached hydrogen (secondary N) is 1. The molecular weight excluding hydrogens is 469 g/mol. The molecule has 1 aliphatic heterocycles. The number of aryl methyl sites for hydroxylation is 3. The second-order valence-corrected chi connectivity index (χ2v) is 10.7. The molecular formula is C26H28FN3O4S. The molecule has 0 bridgehead atoms. The van der Waals surface area contributed by atoms with Gasteiger partial charge in [-0.05, 0) is 75.1 Å². The zero-order valence-corrected chi connectivity index (χ0v) is 20.7. The Labute approximate surface area is 204 Å². The zero-order chi connectivity index (χ0) is 25.2. The van der Waals surface area contributed by atoms with Gasteiger partial charge in [0, 0.05) is 24.3 Å². The van der Waals surface area contributed by atoms with Crippen molar-refractivity contribution in [1.82, 2.24) is 9.46 Å². The van der Waals surface area contributed by atoms with E-state index >= 15 is 0 Å². The lowest BCUT2D eigenvalue weighted by atomic mass is 9.98. The highest BCUT2D eigenvalue weighted by molar-refractivity contribution is 7.89. The number of nitrogens with zero attached hydrogens (tertiary/aromatic N) is 2. The third kappa shape index (κ3) is 5.36. The molecule has 1 aliphatic rings. The van der Waals surface area contributed by atoms with Crippen LogP contribution in [0.3, 0.4) is 0 Å². The molecule has 1 amide bonds. The lowest BCUT2D eigenvalue weighted by molar-refractivity contribution is -0.120. The van der Waals surface area contributed by atoms with Crippen molar-refractivity contribution < 1.29 is 22.1 Å². The van der Waals surface area contributed by atoms with Crippen LogP contribution >= 0.6 is 0 Å². The Morgan fingerprint density at radius 2 is 1.91 bits per heavy atom. The summed E-state index contributed by atoms with van der Waals surface area (Å²) in [5.41, 5.74) is 3.38. The predicted molar refractivity (Wildman–Crippen MR) is 133 cm³/mol. The Hall–Kier alpha value is -3.30. The van der Waals surface area contributed by atoms with Crippen molar-refractivity contribution in [2.45, 2.75) is 38.5 Å². The third-order valence-corrected chi connectivity index (χ3v) is 8.30. The monoisotopic (exact) mass is 497 g/mol. The minimum atomic E-state index is -3.99. The lowest BCUT2D eigenvalue weighted by Gasteiger charge is -2.31. The van der Waals surface area contributed by atoms with Gasteiger partial charge in [-0.1, -0.05) is 29.4 Å². The van der Waals surface area contributed by atoms with Gasteiger partial charge < -0.3 is 9.84 Å². The normalized spacial score (nSPS) is 17.1. The molecule has 35 heavy (non-hydrogen) atoms. The summed E-state index contributed by atoms with van der Waals surface area (Å²) < 4.78 is 47.7. The number of aromatic nitrogens is 1. The first-order valence-electron chi connectivity index (χ1n) is 11.4. The molecule has 3 aromatic rings. The van der Waals surface area contributed by atoms with Crippen LogP contribution in [0.2, 0.25) is 0 Å². The smallest absolute Gasteiger partial charge is 0.248 e. The fourth-order valence-corrected chi connectivity index (χ4v) is 5.92. The molecule has 2 aromatic carbocycles. The fourth-order valence-electron chi connectivity index (χ4n) is 4.14. The second kappa shape index (κ2) is 10.1. The molecule has 0 radical (unpaired) electrons. The summed E-state index contributed by atoms with van der Waals surface area (Å²) in [4.78, 5) is 12.9. The van der Waals surface area contributed by atoms with Gasteiger partial charge in [0.1, 0.15) is 11.5 Å². The van der Waals surface area contributed by atoms with Gasteiger partial charge in [0.2, 0.25) is 15.9 Å². The molecule has 0 unspecified atom stereocenters. The molecule has 1 saturated heterocycles. The first-order chi connectivity index (χ1) is 16.7. The maximum Gasteiger partial charge on any atom is 0.248 e. The number of sulfonamides is 1. The summed E-state index contributed by atoms with van der Waals surface area (Å²) in [6, 6.07) is 11.8. The summed E-state index contributed by atoms with van der Waals surface area (Å²) >= 11 is 0. The van der Waals surface area contributed by atoms with Crippen LogP contribution < -0.4 is 5.32 Å². The van der Waals surface area contributed by atoms with E-state index in [9.17, 15) is 17.6 Å². The number of halogens is 1. The number of benzene rings is 2. The SMILES string of the molecule is Cc1ccc(NC(=O)[C@H]2CCCN(S(=O)(=O)c3c(C)noc3/C=C/c3ccccc3F)C2)cc1C. The van der Waals surface area contributed by atoms with Crippen molar-refractivity contribution in [2.75, 3.05) is 18.4 Å². The molecule has 0 saturated carbocycles. The lowest BCUT2D eigenvalue weighted by Crippen LogP contribution is -2.43. The van der Waals surface area contributed by atoms with Crippen molar-refractivity contribution in [3.05, 3.63) is 76.4 Å². The molecule has 7 nitrogen and oxygen atoms in total. The molecule has 1 N–H and O–H groups in total. The molecule has 2 heterocycles. The molecule has 0 spiro atoms. The number of hydrogen-bond acceptors (Lipinski definition) is 5. The van der Waals surface area contributed by atoms with Gasteiger partial charge in [0.15, 0.2) is 10.7 Å². The average Bonchev–Trinajstić information content (AvgIpc) is 3.22. The zero-order valence-electron chi connectivity index (χ0n) is 19.9. The van der Waals surface area contributed by atoms with E-state index in [1.807, 2.05) is 32.0 Å². The van der Waals surface area contributed by atoms with E-state index in [-0.39, 0.29) is 35.3 Å². The molecule has 0 aliphatic carbocycles. The number of rotatable bonds is 6. The van der Waals surface area contributed by atoms with E-state index in [1.54, 1.807) is 25.1 Å². The summed E-state index contributed by atoms with van der Waals surface area (Å²) in [5.74, 6) is -1.11. The van der Waals surface area contributed by atoms with Gasteiger partial charge in [-0.15, -0.1) is 0 Å². The maximum absolute atomic E-state index is 14.0. The van der Waals surface area contributed by atoms with Crippen LogP contribution in [0.1, 0.15) is 41.0 Å². The van der Waals surface area contributed by atoms with Gasteiger partial charge in [-0.25, -0.2) is 12.8 Å². The summed E-state index contributed by atoms with van der Waals surface area (Å²) in [6.07, 6.45) is 3.99. The fraction of sp³-hybridized carbons (Fsp3) is 0.308. The molecule has 1 fully saturated rings. The van der Waals surface area contributed by atoms with Gasteiger partial charge in [0.05, 0.1) is 5.92 Å². The van der Waals surface area contributed by atoms with Crippen LogP contribution in [0.25, 0.3) is 12.2 Å². The van der Waals surface area contributed by atoms with Crippen LogP contribution in [0.5, 0.6) is 0 Å². The van der Waals surface area contributed by atoms with Crippen LogP contribution in [0.4, 0.5) is 10.1 Å². The van der Waals surface area contributed by atoms with E-state index in [0.717, 1.165) is 11.1 Å². The van der Waals surface area contributed by atoms with E-state index in [1.165, 1.54) is 22.5 Å². The number of anilines is 1. The standard InChI is InChI=1S/C26H28FN3O4S/c1-17-10-12-22(15-18(17)2)28-26(31)21-8-6-14-30(16-21)35(32,33)25-19(3)29-34-24(25)13-11-20-7-4-5-9-23(20)27/h4-5,7,9-13,15,21H,6,8,14,16H2,1-3H3,(H,28,31)/b13-11+/t21-/m0/s1. The number of carbonyl (C=O) groups is 1. The topological polar surface area (TPSA) is 92.5 Å². The molecule has 1 atom stereocenters. The molecule has 4 rings (SSSR count). The minimum Gasteiger partial charge on any atom is -0.355 e. The Bertz CT molecular complexity index is 1380. The van der Waals surface area contributed by atoms with Gasteiger partial charge in [-0.2, -0.15) is 4.31 Å². The van der Waals surface area contributed by atoms with E-state index in [4.69, 9.17) is 4.52 Å². The van der Waals surface area contributed by atoms with Crippen molar-refractivity contribution in [1.29, 1.82) is 0 Å². The van der Waals surface area contributed by atoms with Gasteiger partial charge in [0.25, 0.3) is 0 Å². The maximum atomic E-state index is 14.0. The number of carbonyl (C=O) groups excluding carboxylic acids is 1. The highest BCUT2D eigenvalue weighted by Crippen LogP contribution is 2.30. The summed E-state index contributed by atoms with van der Waals surface area (Å²) in [7, 11) is -3.99. The van der Waals surface area contributed by atoms with Crippen LogP contribution in [0, 0.1) is 32.5 Å². The first kappa shape index (κ1) is 24.8. The first-order valence-corrected chi connectivity index (χ1v) is 12.9. The van der Waals surface area contributed by atoms with Crippen molar-refractivity contribution in [2.24, 2.45) is 5.92 Å². The highest BCUT2D eigenvalue weighted by Gasteiger charge is 2.37. The average molecular weight is 498 g/mol. The van der Waals surface area contributed by atoms with E-state index in [0.29, 0.717) is 24.1 Å². The minimum absolute atomic E-state index is 0.0208. The van der Waals surface area contributed by atoms with E-state index in [2.05, 4.69) is 10.5 Å². The number of amides is 1.